The summed E-state index contributed by atoms with van der Waals surface area (Å²) in [5, 5.41) is 18.4. The molecule has 9 nitrogen and oxygen atoms in total. The number of benzene rings is 2. The zero-order valence-electron chi connectivity index (χ0n) is 18.6. The Kier molecular flexibility index (Phi) is 7.33. The summed E-state index contributed by atoms with van der Waals surface area (Å²) >= 11 is 0. The van der Waals surface area contributed by atoms with Crippen LogP contribution in [0, 0.1) is 5.41 Å². The number of carbonyl (C=O) groups is 1. The molecule has 1 aliphatic heterocycles. The zero-order chi connectivity index (χ0) is 23.0. The lowest BCUT2D eigenvalue weighted by Gasteiger charge is -2.30. The Hall–Kier alpha value is -3.69. The summed E-state index contributed by atoms with van der Waals surface area (Å²) in [7, 11) is 1.61. The highest BCUT2D eigenvalue weighted by atomic mass is 16.5. The number of aromatic amines is 1. The van der Waals surface area contributed by atoms with Gasteiger partial charge in [0.25, 0.3) is 0 Å². The van der Waals surface area contributed by atoms with Crippen LogP contribution in [0.25, 0.3) is 11.1 Å². The Morgan fingerprint density at radius 3 is 2.70 bits per heavy atom. The first-order valence-electron chi connectivity index (χ1n) is 10.8. The Morgan fingerprint density at radius 1 is 1.21 bits per heavy atom. The number of H-pyrrole nitrogens is 1. The number of amides is 2. The van der Waals surface area contributed by atoms with E-state index in [2.05, 4.69) is 20.4 Å². The number of hydrogen-bond donors (Lipinski definition) is 3. The van der Waals surface area contributed by atoms with E-state index in [-0.39, 0.29) is 18.4 Å². The van der Waals surface area contributed by atoms with Gasteiger partial charge in [-0.2, -0.15) is 5.10 Å². The quantitative estimate of drug-likeness (QED) is 0.379. The maximum absolute atomic E-state index is 13.3. The molecule has 3 N–H and O–H groups in total. The van der Waals surface area contributed by atoms with E-state index in [9.17, 15) is 4.79 Å². The normalized spacial score (nSPS) is 14.0. The summed E-state index contributed by atoms with van der Waals surface area (Å²) in [6, 6.07) is 14.7. The molecule has 2 aromatic carbocycles. The fourth-order valence-electron chi connectivity index (χ4n) is 3.65. The number of nitrogens with one attached hydrogen (secondary N) is 3. The first kappa shape index (κ1) is 22.5. The molecule has 0 atom stereocenters. The third-order valence-corrected chi connectivity index (χ3v) is 5.49. The Labute approximate surface area is 192 Å². The summed E-state index contributed by atoms with van der Waals surface area (Å²) < 4.78 is 10.7. The highest BCUT2D eigenvalue weighted by molar-refractivity contribution is 6.02. The van der Waals surface area contributed by atoms with Crippen molar-refractivity contribution in [2.24, 2.45) is 0 Å². The molecular formula is C24H28N6O3. The van der Waals surface area contributed by atoms with Crippen LogP contribution in [0.2, 0.25) is 0 Å². The van der Waals surface area contributed by atoms with Crippen molar-refractivity contribution in [3.05, 3.63) is 66.5 Å². The highest BCUT2D eigenvalue weighted by Gasteiger charge is 2.22. The number of morpholine rings is 1. The standard InChI is InChI=1S/C24H28N6O3/c1-32-22-4-2-3-18(13-22)16-30(23(25)17-29-9-11-33-12-10-29)24(31)28-21-7-5-19(6-8-21)20-14-26-27-15-20/h2-8,13-15,25H,9-12,16-17H2,1H3,(H,26,27)(H,28,31). The van der Waals surface area contributed by atoms with Crippen molar-refractivity contribution in [2.45, 2.75) is 6.54 Å². The molecule has 3 aromatic rings. The number of aromatic nitrogens is 2. The van der Waals surface area contributed by atoms with Crippen LogP contribution in [-0.2, 0) is 11.3 Å². The number of carbonyl (C=O) groups excluding carboxylic acids is 1. The van der Waals surface area contributed by atoms with E-state index in [1.807, 2.05) is 54.7 Å². The zero-order valence-corrected chi connectivity index (χ0v) is 18.6. The van der Waals surface area contributed by atoms with E-state index >= 15 is 0 Å². The van der Waals surface area contributed by atoms with Gasteiger partial charge < -0.3 is 14.8 Å². The number of anilines is 1. The maximum atomic E-state index is 13.3. The Bertz CT molecular complexity index is 1060. The van der Waals surface area contributed by atoms with E-state index in [0.29, 0.717) is 31.2 Å². The predicted octanol–water partition coefficient (Wildman–Crippen LogP) is 3.43. The van der Waals surface area contributed by atoms with Crippen LogP contribution < -0.4 is 10.1 Å². The molecule has 33 heavy (non-hydrogen) atoms. The SMILES string of the molecule is COc1cccc(CN(C(=N)CN2CCOCC2)C(=O)Nc2ccc(-c3cn[nH]c3)cc2)c1. The van der Waals surface area contributed by atoms with Gasteiger partial charge in [0.05, 0.1) is 39.6 Å². The van der Waals surface area contributed by atoms with Crippen molar-refractivity contribution in [3.8, 4) is 16.9 Å². The first-order chi connectivity index (χ1) is 16.1. The monoisotopic (exact) mass is 448 g/mol. The van der Waals surface area contributed by atoms with Gasteiger partial charge in [0.2, 0.25) is 0 Å². The molecular weight excluding hydrogens is 420 g/mol. The van der Waals surface area contributed by atoms with Gasteiger partial charge in [-0.15, -0.1) is 0 Å². The lowest BCUT2D eigenvalue weighted by atomic mass is 10.1. The summed E-state index contributed by atoms with van der Waals surface area (Å²) in [5.74, 6) is 0.939. The van der Waals surface area contributed by atoms with Crippen LogP contribution >= 0.6 is 0 Å². The van der Waals surface area contributed by atoms with Crippen molar-refractivity contribution >= 4 is 17.6 Å². The van der Waals surface area contributed by atoms with Crippen molar-refractivity contribution in [1.82, 2.24) is 20.0 Å². The van der Waals surface area contributed by atoms with Crippen LogP contribution in [-0.4, -0.2) is 71.8 Å². The summed E-state index contributed by atoms with van der Waals surface area (Å²) in [6.45, 7) is 3.40. The maximum Gasteiger partial charge on any atom is 0.327 e. The fourth-order valence-corrected chi connectivity index (χ4v) is 3.65. The smallest absolute Gasteiger partial charge is 0.327 e. The number of urea groups is 1. The molecule has 0 aliphatic carbocycles. The van der Waals surface area contributed by atoms with Crippen molar-refractivity contribution in [1.29, 1.82) is 5.41 Å². The number of amidine groups is 1. The molecule has 2 amide bonds. The number of hydrogen-bond acceptors (Lipinski definition) is 6. The Balaban J connectivity index is 1.49. The van der Waals surface area contributed by atoms with Crippen LogP contribution in [0.3, 0.4) is 0 Å². The van der Waals surface area contributed by atoms with Crippen LogP contribution in [0.4, 0.5) is 10.5 Å². The third-order valence-electron chi connectivity index (χ3n) is 5.49. The third kappa shape index (κ3) is 5.97. The number of methoxy groups -OCH3 is 1. The van der Waals surface area contributed by atoms with Crippen molar-refractivity contribution in [2.75, 3.05) is 45.3 Å². The minimum atomic E-state index is -0.354. The second-order valence-corrected chi connectivity index (χ2v) is 7.77. The predicted molar refractivity (Wildman–Crippen MR) is 127 cm³/mol. The summed E-state index contributed by atoms with van der Waals surface area (Å²) in [6.07, 6.45) is 3.56. The molecule has 172 valence electrons. The molecule has 0 saturated carbocycles. The van der Waals surface area contributed by atoms with Gasteiger partial charge in [0.1, 0.15) is 11.6 Å². The van der Waals surface area contributed by atoms with E-state index in [0.717, 1.165) is 29.8 Å². The molecule has 0 bridgehead atoms. The van der Waals surface area contributed by atoms with Gasteiger partial charge in [0, 0.05) is 30.5 Å². The van der Waals surface area contributed by atoms with Crippen molar-refractivity contribution in [3.63, 3.8) is 0 Å². The first-order valence-corrected chi connectivity index (χ1v) is 10.8. The summed E-state index contributed by atoms with van der Waals surface area (Å²) in [4.78, 5) is 16.8. The molecule has 1 aromatic heterocycles. The van der Waals surface area contributed by atoms with Crippen LogP contribution in [0.5, 0.6) is 5.75 Å². The molecule has 4 rings (SSSR count). The average molecular weight is 449 g/mol. The van der Waals surface area contributed by atoms with E-state index in [1.54, 1.807) is 13.3 Å². The largest absolute Gasteiger partial charge is 0.497 e. The molecule has 2 heterocycles. The Morgan fingerprint density at radius 2 is 2.00 bits per heavy atom. The number of nitrogens with zero attached hydrogens (tertiary/aromatic N) is 3. The van der Waals surface area contributed by atoms with E-state index in [1.165, 1.54) is 4.90 Å². The average Bonchev–Trinajstić information content (AvgIpc) is 3.39. The minimum absolute atomic E-state index is 0.229. The van der Waals surface area contributed by atoms with Gasteiger partial charge in [0.15, 0.2) is 0 Å². The molecule has 0 radical (unpaired) electrons. The van der Waals surface area contributed by atoms with Crippen molar-refractivity contribution < 1.29 is 14.3 Å². The number of rotatable bonds is 7. The van der Waals surface area contributed by atoms with E-state index in [4.69, 9.17) is 14.9 Å². The van der Waals surface area contributed by atoms with Gasteiger partial charge in [-0.05, 0) is 35.4 Å². The second-order valence-electron chi connectivity index (χ2n) is 7.77. The van der Waals surface area contributed by atoms with Crippen LogP contribution in [0.15, 0.2) is 60.9 Å². The molecule has 1 fully saturated rings. The lowest BCUT2D eigenvalue weighted by molar-refractivity contribution is 0.0442. The number of ether oxygens (including phenoxy) is 2. The lowest BCUT2D eigenvalue weighted by Crippen LogP contribution is -2.47. The fraction of sp³-hybridized carbons (Fsp3) is 0.292. The molecule has 9 heteroatoms. The second kappa shape index (κ2) is 10.8. The highest BCUT2D eigenvalue weighted by Crippen LogP contribution is 2.21. The molecule has 1 saturated heterocycles. The molecule has 1 aliphatic rings. The topological polar surface area (TPSA) is 107 Å². The molecule has 0 spiro atoms. The van der Waals surface area contributed by atoms with Gasteiger partial charge in [-0.25, -0.2) is 4.79 Å². The van der Waals surface area contributed by atoms with E-state index < -0.39 is 0 Å². The van der Waals surface area contributed by atoms with Gasteiger partial charge >= 0.3 is 6.03 Å². The van der Waals surface area contributed by atoms with Gasteiger partial charge in [-0.3, -0.25) is 20.3 Å². The minimum Gasteiger partial charge on any atom is -0.497 e. The summed E-state index contributed by atoms with van der Waals surface area (Å²) in [5.41, 5.74) is 3.50. The van der Waals surface area contributed by atoms with Crippen LogP contribution in [0.1, 0.15) is 5.56 Å². The van der Waals surface area contributed by atoms with Gasteiger partial charge in [-0.1, -0.05) is 24.3 Å². The molecule has 0 unspecified atom stereocenters.